The van der Waals surface area contributed by atoms with Gasteiger partial charge in [0.05, 0.1) is 5.02 Å². The van der Waals surface area contributed by atoms with Crippen LogP contribution in [0.15, 0.2) is 29.2 Å². The van der Waals surface area contributed by atoms with Crippen LogP contribution in [0.25, 0.3) is 0 Å². The van der Waals surface area contributed by atoms with Gasteiger partial charge in [-0.15, -0.1) is 11.8 Å². The summed E-state index contributed by atoms with van der Waals surface area (Å²) in [5.41, 5.74) is 5.89. The molecule has 1 aliphatic carbocycles. The molecular weight excluding hydrogens is 226 g/mol. The van der Waals surface area contributed by atoms with Gasteiger partial charge < -0.3 is 5.73 Å². The van der Waals surface area contributed by atoms with E-state index in [-0.39, 0.29) is 4.75 Å². The Hall–Kier alpha value is -0.180. The van der Waals surface area contributed by atoms with Crippen molar-refractivity contribution in [2.24, 2.45) is 11.7 Å². The fourth-order valence-corrected chi connectivity index (χ4v) is 3.62. The van der Waals surface area contributed by atoms with E-state index in [0.29, 0.717) is 5.92 Å². The van der Waals surface area contributed by atoms with Crippen molar-refractivity contribution in [3.8, 4) is 0 Å². The van der Waals surface area contributed by atoms with Gasteiger partial charge in [-0.3, -0.25) is 0 Å². The number of thioether (sulfide) groups is 1. The number of hydrogen-bond donors (Lipinski definition) is 1. The molecule has 1 saturated carbocycles. The summed E-state index contributed by atoms with van der Waals surface area (Å²) >= 11 is 8.01. The van der Waals surface area contributed by atoms with Crippen molar-refractivity contribution in [2.75, 3.05) is 6.54 Å². The third-order valence-corrected chi connectivity index (χ3v) is 5.59. The molecule has 1 aromatic carbocycles. The van der Waals surface area contributed by atoms with Crippen molar-refractivity contribution in [1.29, 1.82) is 0 Å². The van der Waals surface area contributed by atoms with Crippen molar-refractivity contribution in [1.82, 2.24) is 0 Å². The first-order valence-electron chi connectivity index (χ1n) is 5.31. The summed E-state index contributed by atoms with van der Waals surface area (Å²) in [5, 5.41) is 0.842. The SMILES string of the molecule is CC1CCC1(CN)Sc1ccccc1Cl. The molecular formula is C12H16ClNS. The number of nitrogens with two attached hydrogens (primary N) is 1. The smallest absolute Gasteiger partial charge is 0.0542 e. The van der Waals surface area contributed by atoms with Gasteiger partial charge in [0.2, 0.25) is 0 Å². The van der Waals surface area contributed by atoms with Crippen LogP contribution in [-0.4, -0.2) is 11.3 Å². The van der Waals surface area contributed by atoms with Crippen molar-refractivity contribution in [3.05, 3.63) is 29.3 Å². The van der Waals surface area contributed by atoms with Crippen molar-refractivity contribution >= 4 is 23.4 Å². The van der Waals surface area contributed by atoms with E-state index in [4.69, 9.17) is 17.3 Å². The van der Waals surface area contributed by atoms with Crippen LogP contribution in [-0.2, 0) is 0 Å². The molecule has 2 rings (SSSR count). The summed E-state index contributed by atoms with van der Waals surface area (Å²) in [6.45, 7) is 3.02. The first-order valence-corrected chi connectivity index (χ1v) is 6.51. The summed E-state index contributed by atoms with van der Waals surface area (Å²) in [6.07, 6.45) is 2.50. The zero-order valence-electron chi connectivity index (χ0n) is 8.87. The molecule has 0 saturated heterocycles. The van der Waals surface area contributed by atoms with Crippen LogP contribution < -0.4 is 5.73 Å². The Kier molecular flexibility index (Phi) is 3.29. The molecule has 0 aromatic heterocycles. The molecule has 3 heteroatoms. The van der Waals surface area contributed by atoms with E-state index < -0.39 is 0 Å². The standard InChI is InChI=1S/C12H16ClNS/c1-9-6-7-12(9,8-14)15-11-5-3-2-4-10(11)13/h2-5,9H,6-8,14H2,1H3. The zero-order valence-corrected chi connectivity index (χ0v) is 10.4. The highest BCUT2D eigenvalue weighted by molar-refractivity contribution is 8.00. The largest absolute Gasteiger partial charge is 0.329 e. The van der Waals surface area contributed by atoms with Crippen LogP contribution in [0, 0.1) is 5.92 Å². The van der Waals surface area contributed by atoms with Gasteiger partial charge in [-0.25, -0.2) is 0 Å². The van der Waals surface area contributed by atoms with E-state index in [1.54, 1.807) is 0 Å². The van der Waals surface area contributed by atoms with Gasteiger partial charge in [-0.1, -0.05) is 30.7 Å². The van der Waals surface area contributed by atoms with E-state index in [1.807, 2.05) is 30.0 Å². The number of rotatable bonds is 3. The van der Waals surface area contributed by atoms with Crippen LogP contribution >= 0.6 is 23.4 Å². The molecule has 0 amide bonds. The Balaban J connectivity index is 2.17. The third kappa shape index (κ3) is 2.03. The van der Waals surface area contributed by atoms with Crippen LogP contribution in [0.2, 0.25) is 5.02 Å². The van der Waals surface area contributed by atoms with E-state index in [1.165, 1.54) is 12.8 Å². The van der Waals surface area contributed by atoms with Crippen LogP contribution in [0.4, 0.5) is 0 Å². The molecule has 0 aliphatic heterocycles. The van der Waals surface area contributed by atoms with E-state index in [2.05, 4.69) is 13.0 Å². The second kappa shape index (κ2) is 4.36. The Morgan fingerprint density at radius 3 is 2.73 bits per heavy atom. The maximum absolute atomic E-state index is 6.15. The molecule has 2 N–H and O–H groups in total. The van der Waals surface area contributed by atoms with Crippen molar-refractivity contribution < 1.29 is 0 Å². The topological polar surface area (TPSA) is 26.0 Å². The Morgan fingerprint density at radius 1 is 1.53 bits per heavy atom. The molecule has 0 radical (unpaired) electrons. The lowest BCUT2D eigenvalue weighted by Crippen LogP contribution is -2.48. The summed E-state index contributed by atoms with van der Waals surface area (Å²) in [5.74, 6) is 0.698. The summed E-state index contributed by atoms with van der Waals surface area (Å²) < 4.78 is 0.227. The van der Waals surface area contributed by atoms with Crippen molar-refractivity contribution in [3.63, 3.8) is 0 Å². The second-order valence-corrected chi connectivity index (χ2v) is 6.11. The molecule has 15 heavy (non-hydrogen) atoms. The number of halogens is 1. The maximum atomic E-state index is 6.15. The summed E-state index contributed by atoms with van der Waals surface area (Å²) in [6, 6.07) is 8.01. The number of benzene rings is 1. The molecule has 0 bridgehead atoms. The first-order chi connectivity index (χ1) is 7.18. The van der Waals surface area contributed by atoms with Crippen LogP contribution in [0.3, 0.4) is 0 Å². The highest BCUT2D eigenvalue weighted by Crippen LogP contribution is 2.52. The molecule has 1 fully saturated rings. The molecule has 1 aliphatic rings. The minimum Gasteiger partial charge on any atom is -0.329 e. The van der Waals surface area contributed by atoms with Gasteiger partial charge >= 0.3 is 0 Å². The first kappa shape index (κ1) is 11.3. The predicted molar refractivity (Wildman–Crippen MR) is 67.5 cm³/mol. The minimum absolute atomic E-state index is 0.227. The van der Waals surface area contributed by atoms with Gasteiger partial charge in [0.1, 0.15) is 0 Å². The quantitative estimate of drug-likeness (QED) is 0.876. The number of hydrogen-bond acceptors (Lipinski definition) is 2. The van der Waals surface area contributed by atoms with Gasteiger partial charge in [0, 0.05) is 16.2 Å². The van der Waals surface area contributed by atoms with Gasteiger partial charge in [0.15, 0.2) is 0 Å². The van der Waals surface area contributed by atoms with Gasteiger partial charge in [-0.2, -0.15) is 0 Å². The van der Waals surface area contributed by atoms with Crippen LogP contribution in [0.5, 0.6) is 0 Å². The predicted octanol–water partition coefficient (Wildman–Crippen LogP) is 3.56. The van der Waals surface area contributed by atoms with Crippen molar-refractivity contribution in [2.45, 2.75) is 29.4 Å². The van der Waals surface area contributed by atoms with E-state index in [9.17, 15) is 0 Å². The second-order valence-electron chi connectivity index (χ2n) is 4.24. The highest BCUT2D eigenvalue weighted by Gasteiger charge is 2.43. The molecule has 0 heterocycles. The fourth-order valence-electron chi connectivity index (χ4n) is 2.00. The van der Waals surface area contributed by atoms with E-state index >= 15 is 0 Å². The summed E-state index contributed by atoms with van der Waals surface area (Å²) in [7, 11) is 0. The van der Waals surface area contributed by atoms with Gasteiger partial charge in [-0.05, 0) is 30.9 Å². The zero-order chi connectivity index (χ0) is 10.9. The lowest BCUT2D eigenvalue weighted by molar-refractivity contribution is 0.245. The van der Waals surface area contributed by atoms with E-state index in [0.717, 1.165) is 16.5 Å². The maximum Gasteiger partial charge on any atom is 0.0542 e. The third-order valence-electron chi connectivity index (χ3n) is 3.39. The Labute approximate surface area is 100 Å². The molecule has 0 spiro atoms. The average Bonchev–Trinajstić information content (AvgIpc) is 2.26. The van der Waals surface area contributed by atoms with Gasteiger partial charge in [0.25, 0.3) is 0 Å². The molecule has 1 aromatic rings. The minimum atomic E-state index is 0.227. The Morgan fingerprint density at radius 2 is 2.27 bits per heavy atom. The molecule has 82 valence electrons. The normalized spacial score (nSPS) is 29.9. The average molecular weight is 242 g/mol. The monoisotopic (exact) mass is 241 g/mol. The Bertz CT molecular complexity index is 351. The fraction of sp³-hybridized carbons (Fsp3) is 0.500. The lowest BCUT2D eigenvalue weighted by Gasteiger charge is -2.47. The molecule has 2 unspecified atom stereocenters. The summed E-state index contributed by atoms with van der Waals surface area (Å²) in [4.78, 5) is 1.16. The molecule has 1 nitrogen and oxygen atoms in total. The van der Waals surface area contributed by atoms with Crippen LogP contribution in [0.1, 0.15) is 19.8 Å². The molecule has 2 atom stereocenters. The highest BCUT2D eigenvalue weighted by atomic mass is 35.5. The lowest BCUT2D eigenvalue weighted by atomic mass is 9.74.